The summed E-state index contributed by atoms with van der Waals surface area (Å²) in [5.74, 6) is -7.26. The molecule has 176 valence electrons. The van der Waals surface area contributed by atoms with Crippen LogP contribution in [0.4, 0.5) is 0 Å². The number of carboxylic acids is 2. The lowest BCUT2D eigenvalue weighted by Crippen LogP contribution is -2.59. The lowest BCUT2D eigenvalue weighted by molar-refractivity contribution is -0.147. The number of hydrogen-bond acceptors (Lipinski definition) is 7. The van der Waals surface area contributed by atoms with Crippen LogP contribution in [-0.4, -0.2) is 69.9 Å². The van der Waals surface area contributed by atoms with Crippen LogP contribution in [0.2, 0.25) is 0 Å². The molecular weight excluding hydrogens is 414 g/mol. The van der Waals surface area contributed by atoms with Gasteiger partial charge >= 0.3 is 11.9 Å². The zero-order chi connectivity index (χ0) is 24.5. The predicted molar refractivity (Wildman–Crippen MR) is 107 cm³/mol. The van der Waals surface area contributed by atoms with Gasteiger partial charge in [-0.3, -0.25) is 24.0 Å². The minimum atomic E-state index is -1.71. The molecule has 0 aliphatic heterocycles. The fourth-order valence-electron chi connectivity index (χ4n) is 2.41. The maximum atomic E-state index is 12.7. The molecule has 0 radical (unpaired) electrons. The number of carbonyl (C=O) groups excluding carboxylic acids is 4. The van der Waals surface area contributed by atoms with Crippen molar-refractivity contribution >= 4 is 35.6 Å². The Balaban J connectivity index is 5.48. The minimum Gasteiger partial charge on any atom is -0.481 e. The average molecular weight is 445 g/mol. The van der Waals surface area contributed by atoms with Gasteiger partial charge in [0.15, 0.2) is 0 Å². The molecule has 4 unspecified atom stereocenters. The third kappa shape index (κ3) is 9.89. The topological polar surface area (TPSA) is 231 Å². The van der Waals surface area contributed by atoms with E-state index < -0.39 is 78.5 Å². The van der Waals surface area contributed by atoms with E-state index in [1.807, 2.05) is 0 Å². The van der Waals surface area contributed by atoms with Crippen molar-refractivity contribution in [2.45, 2.75) is 64.7 Å². The van der Waals surface area contributed by atoms with Gasteiger partial charge in [0.1, 0.15) is 18.1 Å². The largest absolute Gasteiger partial charge is 0.481 e. The number of nitrogens with two attached hydrogens (primary N) is 2. The summed E-state index contributed by atoms with van der Waals surface area (Å²) in [6.07, 6.45) is -1.43. The van der Waals surface area contributed by atoms with Crippen LogP contribution in [0.3, 0.4) is 0 Å². The zero-order valence-electron chi connectivity index (χ0n) is 17.9. The average Bonchev–Trinajstić information content (AvgIpc) is 2.62. The second-order valence-electron chi connectivity index (χ2n) is 7.73. The van der Waals surface area contributed by atoms with Gasteiger partial charge in [-0.1, -0.05) is 27.7 Å². The quantitative estimate of drug-likeness (QED) is 0.159. The highest BCUT2D eigenvalue weighted by Gasteiger charge is 2.33. The molecule has 0 aliphatic rings. The van der Waals surface area contributed by atoms with E-state index in [4.69, 9.17) is 21.7 Å². The molecule has 4 amide bonds. The van der Waals surface area contributed by atoms with E-state index in [1.54, 1.807) is 27.7 Å². The molecule has 0 spiro atoms. The summed E-state index contributed by atoms with van der Waals surface area (Å²) in [6.45, 7) is 6.47. The van der Waals surface area contributed by atoms with E-state index in [-0.39, 0.29) is 5.92 Å². The highest BCUT2D eigenvalue weighted by Crippen LogP contribution is 2.06. The van der Waals surface area contributed by atoms with Gasteiger partial charge in [0.25, 0.3) is 0 Å². The summed E-state index contributed by atoms with van der Waals surface area (Å²) in [7, 11) is 0. The molecule has 0 heterocycles. The molecule has 0 fully saturated rings. The Morgan fingerprint density at radius 1 is 0.742 bits per heavy atom. The minimum absolute atomic E-state index is 0.256. The second kappa shape index (κ2) is 12.5. The summed E-state index contributed by atoms with van der Waals surface area (Å²) >= 11 is 0. The number of primary amides is 1. The monoisotopic (exact) mass is 445 g/mol. The van der Waals surface area contributed by atoms with Crippen LogP contribution in [0.25, 0.3) is 0 Å². The van der Waals surface area contributed by atoms with Gasteiger partial charge in [-0.25, -0.2) is 4.79 Å². The SMILES string of the molecule is CC(C)C(N)C(=O)NC(CC(N)=O)C(=O)NC(C(=O)NC(CC(=O)O)C(=O)O)C(C)C. The molecule has 13 heteroatoms. The van der Waals surface area contributed by atoms with Crippen LogP contribution >= 0.6 is 0 Å². The summed E-state index contributed by atoms with van der Waals surface area (Å²) < 4.78 is 0. The maximum Gasteiger partial charge on any atom is 0.326 e. The Morgan fingerprint density at radius 2 is 1.26 bits per heavy atom. The maximum absolute atomic E-state index is 12.7. The van der Waals surface area contributed by atoms with Gasteiger partial charge in [-0.2, -0.15) is 0 Å². The van der Waals surface area contributed by atoms with E-state index in [0.717, 1.165) is 0 Å². The fourth-order valence-corrected chi connectivity index (χ4v) is 2.41. The van der Waals surface area contributed by atoms with E-state index in [0.29, 0.717) is 0 Å². The molecule has 0 aliphatic carbocycles. The first-order valence-corrected chi connectivity index (χ1v) is 9.56. The van der Waals surface area contributed by atoms with Crippen molar-refractivity contribution in [2.24, 2.45) is 23.3 Å². The number of amides is 4. The Bertz CT molecular complexity index is 709. The third-order valence-corrected chi connectivity index (χ3v) is 4.30. The van der Waals surface area contributed by atoms with Crippen molar-refractivity contribution in [3.8, 4) is 0 Å². The number of nitrogens with one attached hydrogen (secondary N) is 3. The number of hydrogen-bond donors (Lipinski definition) is 7. The van der Waals surface area contributed by atoms with Gasteiger partial charge in [0, 0.05) is 0 Å². The molecule has 0 saturated carbocycles. The van der Waals surface area contributed by atoms with Crippen LogP contribution in [-0.2, 0) is 28.8 Å². The third-order valence-electron chi connectivity index (χ3n) is 4.30. The van der Waals surface area contributed by atoms with E-state index in [1.165, 1.54) is 0 Å². The molecule has 0 aromatic heterocycles. The molecule has 0 aromatic carbocycles. The Kier molecular flexibility index (Phi) is 11.2. The lowest BCUT2D eigenvalue weighted by atomic mass is 10.0. The van der Waals surface area contributed by atoms with Gasteiger partial charge in [0.2, 0.25) is 23.6 Å². The smallest absolute Gasteiger partial charge is 0.326 e. The summed E-state index contributed by atoms with van der Waals surface area (Å²) in [6, 6.07) is -5.37. The van der Waals surface area contributed by atoms with Gasteiger partial charge < -0.3 is 37.6 Å². The van der Waals surface area contributed by atoms with Crippen LogP contribution < -0.4 is 27.4 Å². The molecule has 0 bridgehead atoms. The van der Waals surface area contributed by atoms with E-state index in [2.05, 4.69) is 16.0 Å². The van der Waals surface area contributed by atoms with Crippen molar-refractivity contribution in [1.82, 2.24) is 16.0 Å². The molecule has 9 N–H and O–H groups in total. The highest BCUT2D eigenvalue weighted by molar-refractivity contribution is 5.96. The first kappa shape index (κ1) is 27.8. The van der Waals surface area contributed by atoms with Crippen LogP contribution in [0, 0.1) is 11.8 Å². The summed E-state index contributed by atoms with van der Waals surface area (Å²) in [5, 5.41) is 24.6. The fraction of sp³-hybridized carbons (Fsp3) is 0.667. The molecule has 31 heavy (non-hydrogen) atoms. The number of aliphatic carboxylic acids is 2. The number of carboxylic acid groups (broad SMARTS) is 2. The molecule has 13 nitrogen and oxygen atoms in total. The lowest BCUT2D eigenvalue weighted by Gasteiger charge is -2.26. The Labute approximate surface area is 179 Å². The van der Waals surface area contributed by atoms with Crippen molar-refractivity contribution in [3.63, 3.8) is 0 Å². The Morgan fingerprint density at radius 3 is 1.65 bits per heavy atom. The molecule has 0 saturated heterocycles. The standard InChI is InChI=1S/C18H31N5O8/c1-7(2)13(20)16(28)21-9(5-11(19)24)15(27)23-14(8(3)4)17(29)22-10(18(30)31)6-12(25)26/h7-10,13-14H,5-6,20H2,1-4H3,(H2,19,24)(H,21,28)(H,22,29)(H,23,27)(H,25,26)(H,30,31). The second-order valence-corrected chi connectivity index (χ2v) is 7.73. The molecule has 4 atom stereocenters. The van der Waals surface area contributed by atoms with Crippen molar-refractivity contribution in [3.05, 3.63) is 0 Å². The number of rotatable bonds is 13. The highest BCUT2D eigenvalue weighted by atomic mass is 16.4. The first-order valence-electron chi connectivity index (χ1n) is 9.56. The van der Waals surface area contributed by atoms with Crippen LogP contribution in [0.5, 0.6) is 0 Å². The van der Waals surface area contributed by atoms with Crippen molar-refractivity contribution < 1.29 is 39.0 Å². The van der Waals surface area contributed by atoms with Crippen molar-refractivity contribution in [1.29, 1.82) is 0 Å². The molecule has 0 rings (SSSR count). The van der Waals surface area contributed by atoms with E-state index in [9.17, 15) is 28.8 Å². The normalized spacial score (nSPS) is 14.8. The summed E-state index contributed by atoms with van der Waals surface area (Å²) in [5.41, 5.74) is 10.9. The molecule has 0 aromatic rings. The summed E-state index contributed by atoms with van der Waals surface area (Å²) in [4.78, 5) is 70.7. The van der Waals surface area contributed by atoms with Crippen LogP contribution in [0.1, 0.15) is 40.5 Å². The number of carbonyl (C=O) groups is 6. The predicted octanol–water partition coefficient (Wildman–Crippen LogP) is -2.49. The van der Waals surface area contributed by atoms with Crippen molar-refractivity contribution in [2.75, 3.05) is 0 Å². The zero-order valence-corrected chi connectivity index (χ0v) is 17.9. The molecular formula is C18H31N5O8. The Hall–Kier alpha value is -3.22. The van der Waals surface area contributed by atoms with Gasteiger partial charge in [0.05, 0.1) is 18.9 Å². The first-order chi connectivity index (χ1) is 14.2. The van der Waals surface area contributed by atoms with E-state index >= 15 is 0 Å². The van der Waals surface area contributed by atoms with Gasteiger partial charge in [-0.05, 0) is 11.8 Å². The van der Waals surface area contributed by atoms with Crippen LogP contribution in [0.15, 0.2) is 0 Å². The van der Waals surface area contributed by atoms with Gasteiger partial charge in [-0.15, -0.1) is 0 Å².